The first-order valence-corrected chi connectivity index (χ1v) is 9.65. The van der Waals surface area contributed by atoms with Gasteiger partial charge in [0.2, 0.25) is 0 Å². The number of fused-ring (bicyclic) bond motifs is 1. The van der Waals surface area contributed by atoms with Crippen molar-refractivity contribution in [3.8, 4) is 0 Å². The van der Waals surface area contributed by atoms with Crippen molar-refractivity contribution in [1.82, 2.24) is 9.47 Å². The lowest BCUT2D eigenvalue weighted by Gasteiger charge is -2.14. The van der Waals surface area contributed by atoms with Gasteiger partial charge in [-0.3, -0.25) is 14.5 Å². The minimum atomic E-state index is -0.163. The van der Waals surface area contributed by atoms with E-state index in [1.54, 1.807) is 22.6 Å². The molecule has 0 spiro atoms. The maximum atomic E-state index is 12.8. The summed E-state index contributed by atoms with van der Waals surface area (Å²) in [4.78, 5) is 27.6. The zero-order valence-electron chi connectivity index (χ0n) is 14.6. The average Bonchev–Trinajstić information content (AvgIpc) is 2.94. The molecule has 0 unspecified atom stereocenters. The Hall–Kier alpha value is -2.70. The number of hydrogen-bond acceptors (Lipinski definition) is 4. The molecule has 2 aromatic carbocycles. The van der Waals surface area contributed by atoms with Crippen molar-refractivity contribution in [3.63, 3.8) is 0 Å². The predicted octanol–water partition coefficient (Wildman–Crippen LogP) is 3.94. The molecule has 3 aromatic rings. The number of carbonyl (C=O) groups is 1. The van der Waals surface area contributed by atoms with Crippen LogP contribution in [-0.2, 0) is 18.4 Å². The van der Waals surface area contributed by atoms with Crippen LogP contribution in [0.3, 0.4) is 0 Å². The molecule has 2 heterocycles. The highest BCUT2D eigenvalue weighted by Gasteiger charge is 2.32. The van der Waals surface area contributed by atoms with Crippen LogP contribution >= 0.6 is 24.0 Å². The Kier molecular flexibility index (Phi) is 4.68. The molecule has 134 valence electrons. The fourth-order valence-corrected chi connectivity index (χ4v) is 4.34. The Morgan fingerprint density at radius 3 is 2.52 bits per heavy atom. The van der Waals surface area contributed by atoms with Crippen LogP contribution in [0.25, 0.3) is 17.0 Å². The predicted molar refractivity (Wildman–Crippen MR) is 114 cm³/mol. The summed E-state index contributed by atoms with van der Waals surface area (Å²) >= 11 is 6.63. The molecule has 4 nitrogen and oxygen atoms in total. The largest absolute Gasteiger partial charge is 0.311 e. The molecule has 1 fully saturated rings. The number of carbonyl (C=O) groups excluding carboxylic acids is 1. The molecule has 0 saturated carbocycles. The van der Waals surface area contributed by atoms with Gasteiger partial charge in [0.05, 0.1) is 17.0 Å². The van der Waals surface area contributed by atoms with Crippen LogP contribution in [0.1, 0.15) is 11.1 Å². The Labute approximate surface area is 166 Å². The number of thiocarbonyl (C=S) groups is 1. The van der Waals surface area contributed by atoms with E-state index in [1.165, 1.54) is 11.8 Å². The Morgan fingerprint density at radius 1 is 1.04 bits per heavy atom. The topological polar surface area (TPSA) is 42.3 Å². The van der Waals surface area contributed by atoms with Crippen LogP contribution in [-0.4, -0.2) is 19.7 Å². The SMILES string of the molecule is Cn1c(=O)c(/C=C2\SC(=S)N(Cc3ccccc3)C2=O)cc2ccccc21. The van der Waals surface area contributed by atoms with E-state index >= 15 is 0 Å². The lowest BCUT2D eigenvalue weighted by Crippen LogP contribution is -2.27. The first-order valence-electron chi connectivity index (χ1n) is 8.42. The monoisotopic (exact) mass is 392 g/mol. The van der Waals surface area contributed by atoms with E-state index in [1.807, 2.05) is 60.7 Å². The van der Waals surface area contributed by atoms with Gasteiger partial charge < -0.3 is 4.57 Å². The van der Waals surface area contributed by atoms with Gasteiger partial charge in [0.15, 0.2) is 0 Å². The first-order chi connectivity index (χ1) is 13.0. The molecule has 1 aromatic heterocycles. The number of aryl methyl sites for hydroxylation is 1. The first kappa shape index (κ1) is 17.7. The normalized spacial score (nSPS) is 15.9. The zero-order valence-corrected chi connectivity index (χ0v) is 16.2. The Balaban J connectivity index is 1.70. The van der Waals surface area contributed by atoms with Crippen molar-refractivity contribution >= 4 is 51.2 Å². The average molecular weight is 393 g/mol. The summed E-state index contributed by atoms with van der Waals surface area (Å²) < 4.78 is 2.11. The third kappa shape index (κ3) is 3.34. The molecule has 1 aliphatic heterocycles. The molecule has 0 bridgehead atoms. The number of para-hydroxylation sites is 1. The van der Waals surface area contributed by atoms with Crippen LogP contribution in [0.2, 0.25) is 0 Å². The number of amides is 1. The van der Waals surface area contributed by atoms with Crippen LogP contribution < -0.4 is 5.56 Å². The quantitative estimate of drug-likeness (QED) is 0.500. The second-order valence-corrected chi connectivity index (χ2v) is 7.95. The third-order valence-electron chi connectivity index (χ3n) is 4.50. The van der Waals surface area contributed by atoms with Gasteiger partial charge >= 0.3 is 0 Å². The van der Waals surface area contributed by atoms with Crippen molar-refractivity contribution in [2.75, 3.05) is 0 Å². The maximum Gasteiger partial charge on any atom is 0.266 e. The Morgan fingerprint density at radius 2 is 1.74 bits per heavy atom. The highest BCUT2D eigenvalue weighted by molar-refractivity contribution is 8.26. The van der Waals surface area contributed by atoms with Crippen molar-refractivity contribution in [3.05, 3.63) is 87.0 Å². The minimum absolute atomic E-state index is 0.137. The number of aromatic nitrogens is 1. The van der Waals surface area contributed by atoms with E-state index < -0.39 is 0 Å². The van der Waals surface area contributed by atoms with Crippen LogP contribution in [0.15, 0.2) is 70.4 Å². The highest BCUT2D eigenvalue weighted by Crippen LogP contribution is 2.33. The summed E-state index contributed by atoms with van der Waals surface area (Å²) in [5.74, 6) is -0.163. The van der Waals surface area contributed by atoms with Gasteiger partial charge in [-0.15, -0.1) is 0 Å². The van der Waals surface area contributed by atoms with Gasteiger partial charge in [0, 0.05) is 12.6 Å². The molecule has 6 heteroatoms. The third-order valence-corrected chi connectivity index (χ3v) is 5.88. The molecule has 1 aliphatic rings. The summed E-state index contributed by atoms with van der Waals surface area (Å²) in [6.07, 6.45) is 1.65. The number of benzene rings is 2. The van der Waals surface area contributed by atoms with E-state index in [0.717, 1.165) is 16.5 Å². The summed E-state index contributed by atoms with van der Waals surface area (Å²) in [7, 11) is 1.74. The smallest absolute Gasteiger partial charge is 0.266 e. The Bertz CT molecular complexity index is 1150. The molecular formula is C21H16N2O2S2. The van der Waals surface area contributed by atoms with Crippen molar-refractivity contribution in [2.45, 2.75) is 6.54 Å². The maximum absolute atomic E-state index is 12.8. The minimum Gasteiger partial charge on any atom is -0.311 e. The number of nitrogens with zero attached hydrogens (tertiary/aromatic N) is 2. The van der Waals surface area contributed by atoms with E-state index in [-0.39, 0.29) is 11.5 Å². The number of pyridine rings is 1. The van der Waals surface area contributed by atoms with Crippen molar-refractivity contribution < 1.29 is 4.79 Å². The summed E-state index contributed by atoms with van der Waals surface area (Å²) in [6.45, 7) is 0.429. The fraction of sp³-hybridized carbons (Fsp3) is 0.0952. The summed E-state index contributed by atoms with van der Waals surface area (Å²) in [6, 6.07) is 19.2. The number of rotatable bonds is 3. The van der Waals surface area contributed by atoms with Gasteiger partial charge in [-0.1, -0.05) is 72.5 Å². The van der Waals surface area contributed by atoms with Crippen LogP contribution in [0.5, 0.6) is 0 Å². The number of hydrogen-bond donors (Lipinski definition) is 0. The van der Waals surface area contributed by atoms with E-state index in [9.17, 15) is 9.59 Å². The molecule has 27 heavy (non-hydrogen) atoms. The van der Waals surface area contributed by atoms with E-state index in [2.05, 4.69) is 0 Å². The van der Waals surface area contributed by atoms with Crippen molar-refractivity contribution in [2.24, 2.45) is 7.05 Å². The van der Waals surface area contributed by atoms with E-state index in [0.29, 0.717) is 21.3 Å². The highest BCUT2D eigenvalue weighted by atomic mass is 32.2. The molecular weight excluding hydrogens is 376 g/mol. The second-order valence-electron chi connectivity index (χ2n) is 6.28. The standard InChI is InChI=1S/C21H16N2O2S2/c1-22-17-10-6-5-9-15(17)11-16(19(22)24)12-18-20(25)23(21(26)27-18)13-14-7-3-2-4-8-14/h2-12H,13H2,1H3/b18-12-. The molecule has 1 amide bonds. The second kappa shape index (κ2) is 7.13. The zero-order chi connectivity index (χ0) is 19.0. The summed E-state index contributed by atoms with van der Waals surface area (Å²) in [5.41, 5.74) is 2.21. The van der Waals surface area contributed by atoms with Crippen LogP contribution in [0.4, 0.5) is 0 Å². The molecule has 0 radical (unpaired) electrons. The number of thioether (sulfide) groups is 1. The molecule has 0 atom stereocenters. The molecule has 0 aliphatic carbocycles. The molecule has 4 rings (SSSR count). The van der Waals surface area contributed by atoms with Gasteiger partial charge in [-0.2, -0.15) is 0 Å². The van der Waals surface area contributed by atoms with Gasteiger partial charge in [-0.25, -0.2) is 0 Å². The van der Waals surface area contributed by atoms with Crippen molar-refractivity contribution in [1.29, 1.82) is 0 Å². The van der Waals surface area contributed by atoms with E-state index in [4.69, 9.17) is 12.2 Å². The van der Waals surface area contributed by atoms with Crippen LogP contribution in [0, 0.1) is 0 Å². The lowest BCUT2D eigenvalue weighted by molar-refractivity contribution is -0.122. The molecule has 0 N–H and O–H groups in total. The molecule has 1 saturated heterocycles. The summed E-state index contributed by atoms with van der Waals surface area (Å²) in [5, 5.41) is 0.950. The fourth-order valence-electron chi connectivity index (χ4n) is 3.09. The van der Waals surface area contributed by atoms with Gasteiger partial charge in [0.1, 0.15) is 4.32 Å². The van der Waals surface area contributed by atoms with Gasteiger partial charge in [-0.05, 0) is 29.2 Å². The van der Waals surface area contributed by atoms with Gasteiger partial charge in [0.25, 0.3) is 11.5 Å². The lowest BCUT2D eigenvalue weighted by atomic mass is 10.1.